The van der Waals surface area contributed by atoms with E-state index >= 15 is 0 Å². The van der Waals surface area contributed by atoms with E-state index in [1.165, 1.54) is 0 Å². The molecule has 2 aromatic heterocycles. The molecule has 6 heteroatoms. The standard InChI is InChI=1S/C20H19N3O3/c1-4-14(9-15(5-1)24-12-13-3-2-8-21-11-13)19-22-20(26-23-19)17-10-16-6-7-18(17)25-16/h1-5,8-9,11,16-18H,6-7,10,12H2. The topological polar surface area (TPSA) is 70.3 Å². The highest BCUT2D eigenvalue weighted by Crippen LogP contribution is 2.44. The van der Waals surface area contributed by atoms with Crippen LogP contribution in [0.25, 0.3) is 11.4 Å². The van der Waals surface area contributed by atoms with E-state index in [-0.39, 0.29) is 12.0 Å². The number of ether oxygens (including phenoxy) is 2. The van der Waals surface area contributed by atoms with E-state index in [0.717, 1.165) is 36.1 Å². The summed E-state index contributed by atoms with van der Waals surface area (Å²) >= 11 is 0. The molecule has 2 saturated heterocycles. The minimum absolute atomic E-state index is 0.236. The van der Waals surface area contributed by atoms with Crippen LogP contribution in [0.3, 0.4) is 0 Å². The molecular formula is C20H19N3O3. The number of benzene rings is 1. The van der Waals surface area contributed by atoms with Crippen molar-refractivity contribution in [2.75, 3.05) is 0 Å². The fraction of sp³-hybridized carbons (Fsp3) is 0.350. The van der Waals surface area contributed by atoms with Gasteiger partial charge < -0.3 is 14.0 Å². The second-order valence-corrected chi connectivity index (χ2v) is 6.85. The van der Waals surface area contributed by atoms with E-state index < -0.39 is 0 Å². The lowest BCUT2D eigenvalue weighted by molar-refractivity contribution is 0.0974. The molecule has 2 bridgehead atoms. The molecule has 3 aromatic rings. The van der Waals surface area contributed by atoms with Gasteiger partial charge in [0.25, 0.3) is 0 Å². The van der Waals surface area contributed by atoms with Gasteiger partial charge in [-0.25, -0.2) is 0 Å². The predicted octanol–water partition coefficient (Wildman–Crippen LogP) is 3.75. The number of aromatic nitrogens is 3. The van der Waals surface area contributed by atoms with Crippen LogP contribution in [0.2, 0.25) is 0 Å². The van der Waals surface area contributed by atoms with Gasteiger partial charge in [-0.15, -0.1) is 0 Å². The molecule has 2 fully saturated rings. The summed E-state index contributed by atoms with van der Waals surface area (Å²) < 4.78 is 17.3. The minimum Gasteiger partial charge on any atom is -0.489 e. The van der Waals surface area contributed by atoms with Gasteiger partial charge in [0.05, 0.1) is 18.1 Å². The summed E-state index contributed by atoms with van der Waals surface area (Å²) in [5.41, 5.74) is 1.91. The molecule has 0 N–H and O–H groups in total. The monoisotopic (exact) mass is 349 g/mol. The van der Waals surface area contributed by atoms with E-state index in [1.807, 2.05) is 36.4 Å². The maximum Gasteiger partial charge on any atom is 0.232 e. The Balaban J connectivity index is 1.31. The third-order valence-corrected chi connectivity index (χ3v) is 5.09. The van der Waals surface area contributed by atoms with Crippen molar-refractivity contribution in [3.63, 3.8) is 0 Å². The molecule has 0 amide bonds. The first-order chi connectivity index (χ1) is 12.8. The molecule has 1 aromatic carbocycles. The quantitative estimate of drug-likeness (QED) is 0.699. The number of pyridine rings is 1. The molecule has 2 aliphatic rings. The second-order valence-electron chi connectivity index (χ2n) is 6.85. The molecule has 26 heavy (non-hydrogen) atoms. The number of hydrogen-bond acceptors (Lipinski definition) is 6. The van der Waals surface area contributed by atoms with Crippen molar-refractivity contribution in [1.29, 1.82) is 0 Å². The number of fused-ring (bicyclic) bond motifs is 2. The predicted molar refractivity (Wildman–Crippen MR) is 93.6 cm³/mol. The molecule has 0 saturated carbocycles. The normalized spacial score (nSPS) is 24.1. The summed E-state index contributed by atoms with van der Waals surface area (Å²) in [6, 6.07) is 11.6. The summed E-state index contributed by atoms with van der Waals surface area (Å²) in [4.78, 5) is 8.71. The third kappa shape index (κ3) is 2.97. The van der Waals surface area contributed by atoms with Crippen molar-refractivity contribution in [2.45, 2.75) is 44.0 Å². The second kappa shape index (κ2) is 6.53. The largest absolute Gasteiger partial charge is 0.489 e. The molecule has 6 nitrogen and oxygen atoms in total. The van der Waals surface area contributed by atoms with Gasteiger partial charge in [0.1, 0.15) is 12.4 Å². The van der Waals surface area contributed by atoms with E-state index in [0.29, 0.717) is 24.4 Å². The van der Waals surface area contributed by atoms with Crippen LogP contribution in [0.15, 0.2) is 53.3 Å². The first-order valence-electron chi connectivity index (χ1n) is 8.96. The van der Waals surface area contributed by atoms with Crippen LogP contribution in [0.4, 0.5) is 0 Å². The molecule has 3 atom stereocenters. The van der Waals surface area contributed by atoms with Crippen LogP contribution >= 0.6 is 0 Å². The average molecular weight is 349 g/mol. The van der Waals surface area contributed by atoms with E-state index in [1.54, 1.807) is 12.4 Å². The smallest absolute Gasteiger partial charge is 0.232 e. The highest BCUT2D eigenvalue weighted by atomic mass is 16.5. The van der Waals surface area contributed by atoms with Crippen molar-refractivity contribution in [1.82, 2.24) is 15.1 Å². The molecule has 0 spiro atoms. The number of rotatable bonds is 5. The summed E-state index contributed by atoms with van der Waals surface area (Å²) in [5, 5.41) is 4.17. The highest BCUT2D eigenvalue weighted by Gasteiger charge is 2.44. The fourth-order valence-electron chi connectivity index (χ4n) is 3.78. The lowest BCUT2D eigenvalue weighted by Gasteiger charge is -2.13. The van der Waals surface area contributed by atoms with Crippen LogP contribution in [-0.2, 0) is 11.3 Å². The summed E-state index contributed by atoms with van der Waals surface area (Å²) in [5.74, 6) is 2.28. The first-order valence-corrected chi connectivity index (χ1v) is 8.96. The summed E-state index contributed by atoms with van der Waals surface area (Å²) in [6.07, 6.45) is 7.38. The molecule has 2 aliphatic heterocycles. The van der Waals surface area contributed by atoms with Crippen LogP contribution < -0.4 is 4.74 Å². The Morgan fingerprint density at radius 3 is 2.96 bits per heavy atom. The average Bonchev–Trinajstić information content (AvgIpc) is 3.44. The Hall–Kier alpha value is -2.73. The Bertz CT molecular complexity index is 896. The maximum absolute atomic E-state index is 5.89. The maximum atomic E-state index is 5.89. The van der Waals surface area contributed by atoms with Gasteiger partial charge in [0.2, 0.25) is 11.7 Å². The van der Waals surface area contributed by atoms with E-state index in [4.69, 9.17) is 14.0 Å². The van der Waals surface area contributed by atoms with E-state index in [2.05, 4.69) is 15.1 Å². The zero-order valence-corrected chi connectivity index (χ0v) is 14.2. The van der Waals surface area contributed by atoms with Gasteiger partial charge in [-0.1, -0.05) is 23.4 Å². The van der Waals surface area contributed by atoms with Crippen LogP contribution in [0, 0.1) is 0 Å². The molecule has 4 heterocycles. The molecule has 132 valence electrons. The van der Waals surface area contributed by atoms with Crippen molar-refractivity contribution in [3.8, 4) is 17.1 Å². The van der Waals surface area contributed by atoms with Crippen LogP contribution in [0.5, 0.6) is 5.75 Å². The van der Waals surface area contributed by atoms with Crippen molar-refractivity contribution in [2.24, 2.45) is 0 Å². The fourth-order valence-corrected chi connectivity index (χ4v) is 3.78. The van der Waals surface area contributed by atoms with Crippen molar-refractivity contribution in [3.05, 3.63) is 60.2 Å². The van der Waals surface area contributed by atoms with Gasteiger partial charge in [-0.05, 0) is 37.5 Å². The summed E-state index contributed by atoms with van der Waals surface area (Å²) in [6.45, 7) is 0.470. The van der Waals surface area contributed by atoms with Crippen LogP contribution in [0.1, 0.15) is 36.6 Å². The third-order valence-electron chi connectivity index (χ3n) is 5.09. The molecule has 3 unspecified atom stereocenters. The van der Waals surface area contributed by atoms with Gasteiger partial charge >= 0.3 is 0 Å². The van der Waals surface area contributed by atoms with Gasteiger partial charge in [-0.3, -0.25) is 4.98 Å². The van der Waals surface area contributed by atoms with Crippen molar-refractivity contribution < 1.29 is 14.0 Å². The number of hydrogen-bond donors (Lipinski definition) is 0. The minimum atomic E-state index is 0.236. The van der Waals surface area contributed by atoms with Gasteiger partial charge in [-0.2, -0.15) is 4.98 Å². The zero-order valence-electron chi connectivity index (χ0n) is 14.2. The Morgan fingerprint density at radius 1 is 1.15 bits per heavy atom. The summed E-state index contributed by atoms with van der Waals surface area (Å²) in [7, 11) is 0. The SMILES string of the molecule is c1cncc(COc2cccc(-c3noc(C4CC5CCC4O5)n3)c2)c1. The molecule has 5 rings (SSSR count). The van der Waals surface area contributed by atoms with Crippen molar-refractivity contribution >= 4 is 0 Å². The molecule has 0 aliphatic carbocycles. The molecule has 0 radical (unpaired) electrons. The van der Waals surface area contributed by atoms with Crippen LogP contribution in [-0.4, -0.2) is 27.3 Å². The Labute approximate surface area is 151 Å². The van der Waals surface area contributed by atoms with Gasteiger partial charge in [0.15, 0.2) is 0 Å². The lowest BCUT2D eigenvalue weighted by Crippen LogP contribution is -2.14. The van der Waals surface area contributed by atoms with Gasteiger partial charge in [0, 0.05) is 23.5 Å². The zero-order chi connectivity index (χ0) is 17.3. The highest BCUT2D eigenvalue weighted by molar-refractivity contribution is 5.56. The lowest BCUT2D eigenvalue weighted by atomic mass is 9.89. The number of nitrogens with zero attached hydrogens (tertiary/aromatic N) is 3. The Kier molecular flexibility index (Phi) is 3.90. The Morgan fingerprint density at radius 2 is 2.15 bits per heavy atom. The molecular weight excluding hydrogens is 330 g/mol. The first kappa shape index (κ1) is 15.5. The van der Waals surface area contributed by atoms with E-state index in [9.17, 15) is 0 Å².